The Morgan fingerprint density at radius 1 is 1.47 bits per heavy atom. The molecule has 2 rings (SSSR count). The van der Waals surface area contributed by atoms with E-state index < -0.39 is 5.97 Å². The molecular formula is C10H13NO4. The van der Waals surface area contributed by atoms with Gasteiger partial charge in [-0.15, -0.1) is 0 Å². The second-order valence-electron chi connectivity index (χ2n) is 4.15. The van der Waals surface area contributed by atoms with Gasteiger partial charge in [0.2, 0.25) is 11.8 Å². The minimum Gasteiger partial charge on any atom is -0.464 e. The zero-order chi connectivity index (χ0) is 11.2. The molecular weight excluding hydrogens is 198 g/mol. The molecule has 0 aromatic carbocycles. The molecule has 2 fully saturated rings. The number of likely N-dealkylation sites (tertiary alicyclic amines) is 1. The Labute approximate surface area is 87.4 Å². The van der Waals surface area contributed by atoms with E-state index in [1.165, 1.54) is 11.8 Å². The fourth-order valence-corrected chi connectivity index (χ4v) is 1.95. The van der Waals surface area contributed by atoms with Crippen LogP contribution in [0.2, 0.25) is 0 Å². The van der Waals surface area contributed by atoms with Crippen molar-refractivity contribution in [2.45, 2.75) is 26.3 Å². The zero-order valence-corrected chi connectivity index (χ0v) is 8.73. The van der Waals surface area contributed by atoms with Crippen molar-refractivity contribution in [2.24, 2.45) is 11.8 Å². The van der Waals surface area contributed by atoms with Crippen LogP contribution < -0.4 is 0 Å². The van der Waals surface area contributed by atoms with E-state index >= 15 is 0 Å². The maximum atomic E-state index is 11.6. The van der Waals surface area contributed by atoms with Crippen LogP contribution in [-0.4, -0.2) is 35.3 Å². The Hall–Kier alpha value is -1.39. The molecule has 1 aliphatic heterocycles. The summed E-state index contributed by atoms with van der Waals surface area (Å²) in [5, 5.41) is 0. The summed E-state index contributed by atoms with van der Waals surface area (Å²) >= 11 is 0. The molecule has 1 heterocycles. The number of ether oxygens (including phenoxy) is 1. The van der Waals surface area contributed by atoms with E-state index in [2.05, 4.69) is 0 Å². The van der Waals surface area contributed by atoms with E-state index in [9.17, 15) is 14.4 Å². The molecule has 1 saturated carbocycles. The second kappa shape index (κ2) is 3.32. The van der Waals surface area contributed by atoms with Crippen LogP contribution in [0.5, 0.6) is 0 Å². The first kappa shape index (κ1) is 10.1. The molecule has 3 atom stereocenters. The number of esters is 1. The number of piperidine rings is 1. The molecule has 2 amide bonds. The molecule has 0 aromatic rings. The molecule has 0 N–H and O–H groups in total. The second-order valence-corrected chi connectivity index (χ2v) is 4.15. The third-order valence-corrected chi connectivity index (χ3v) is 2.87. The fourth-order valence-electron chi connectivity index (χ4n) is 1.95. The highest BCUT2D eigenvalue weighted by Gasteiger charge is 2.59. The summed E-state index contributed by atoms with van der Waals surface area (Å²) < 4.78 is 4.78. The van der Waals surface area contributed by atoms with E-state index in [4.69, 9.17) is 4.74 Å². The van der Waals surface area contributed by atoms with E-state index in [-0.39, 0.29) is 36.3 Å². The Kier molecular flexibility index (Phi) is 2.25. The predicted octanol–water partition coefficient (Wildman–Crippen LogP) is -0.0571. The van der Waals surface area contributed by atoms with Crippen LogP contribution >= 0.6 is 0 Å². The van der Waals surface area contributed by atoms with Gasteiger partial charge in [-0.1, -0.05) is 0 Å². The van der Waals surface area contributed by atoms with Crippen molar-refractivity contribution in [3.8, 4) is 0 Å². The summed E-state index contributed by atoms with van der Waals surface area (Å²) in [5.74, 6) is -0.782. The molecule has 2 unspecified atom stereocenters. The predicted molar refractivity (Wildman–Crippen MR) is 49.5 cm³/mol. The summed E-state index contributed by atoms with van der Waals surface area (Å²) in [4.78, 5) is 35.0. The number of imide groups is 1. The van der Waals surface area contributed by atoms with Gasteiger partial charge in [0.25, 0.3) is 0 Å². The molecule has 0 spiro atoms. The average molecular weight is 211 g/mol. The van der Waals surface area contributed by atoms with Crippen LogP contribution in [0.1, 0.15) is 20.3 Å². The van der Waals surface area contributed by atoms with E-state index in [0.29, 0.717) is 6.42 Å². The quantitative estimate of drug-likeness (QED) is 0.484. The number of rotatable bonds is 3. The number of carbonyl (C=O) groups is 3. The Morgan fingerprint density at radius 3 is 2.47 bits per heavy atom. The molecule has 0 aromatic heterocycles. The molecule has 1 saturated heterocycles. The first-order chi connectivity index (χ1) is 7.02. The molecule has 1 aliphatic carbocycles. The summed E-state index contributed by atoms with van der Waals surface area (Å²) in [6.45, 7) is 3.10. The topological polar surface area (TPSA) is 63.7 Å². The van der Waals surface area contributed by atoms with Crippen LogP contribution in [0.3, 0.4) is 0 Å². The van der Waals surface area contributed by atoms with Gasteiger partial charge in [0.1, 0.15) is 6.61 Å². The van der Waals surface area contributed by atoms with Gasteiger partial charge in [-0.05, 0) is 13.3 Å². The molecule has 15 heavy (non-hydrogen) atoms. The lowest BCUT2D eigenvalue weighted by Crippen LogP contribution is -2.43. The summed E-state index contributed by atoms with van der Waals surface area (Å²) in [5.41, 5.74) is 0. The first-order valence-electron chi connectivity index (χ1n) is 5.02. The van der Waals surface area contributed by atoms with Crippen molar-refractivity contribution in [3.05, 3.63) is 0 Å². The summed E-state index contributed by atoms with van der Waals surface area (Å²) in [6.07, 6.45) is 0.703. The maximum absolute atomic E-state index is 11.6. The largest absolute Gasteiger partial charge is 0.464 e. The van der Waals surface area contributed by atoms with Crippen molar-refractivity contribution in [2.75, 3.05) is 6.61 Å². The molecule has 5 nitrogen and oxygen atoms in total. The molecule has 5 heteroatoms. The number of fused-ring (bicyclic) bond motifs is 1. The third kappa shape index (κ3) is 1.62. The van der Waals surface area contributed by atoms with Crippen LogP contribution in [0.4, 0.5) is 0 Å². The minimum absolute atomic E-state index is 0.0859. The van der Waals surface area contributed by atoms with Crippen LogP contribution in [0.15, 0.2) is 0 Å². The Morgan fingerprint density at radius 2 is 2.00 bits per heavy atom. The van der Waals surface area contributed by atoms with Gasteiger partial charge < -0.3 is 4.74 Å². The highest BCUT2D eigenvalue weighted by Crippen LogP contribution is 2.47. The number of nitrogens with zero attached hydrogens (tertiary/aromatic N) is 1. The van der Waals surface area contributed by atoms with Crippen molar-refractivity contribution < 1.29 is 19.1 Å². The SMILES string of the molecule is CC(=O)OC[C@H](C)N1C(=O)C2CC2C1=O. The smallest absolute Gasteiger partial charge is 0.302 e. The lowest BCUT2D eigenvalue weighted by atomic mass is 10.3. The van der Waals surface area contributed by atoms with Crippen molar-refractivity contribution in [1.82, 2.24) is 4.90 Å². The van der Waals surface area contributed by atoms with E-state index in [1.807, 2.05) is 0 Å². The van der Waals surface area contributed by atoms with Gasteiger partial charge in [0, 0.05) is 6.92 Å². The van der Waals surface area contributed by atoms with Crippen LogP contribution in [0.25, 0.3) is 0 Å². The number of amides is 2. The monoisotopic (exact) mass is 211 g/mol. The third-order valence-electron chi connectivity index (χ3n) is 2.87. The number of hydrogen-bond acceptors (Lipinski definition) is 4. The van der Waals surface area contributed by atoms with Gasteiger partial charge in [-0.3, -0.25) is 19.3 Å². The molecule has 82 valence electrons. The van der Waals surface area contributed by atoms with Crippen molar-refractivity contribution in [1.29, 1.82) is 0 Å². The van der Waals surface area contributed by atoms with Gasteiger partial charge >= 0.3 is 5.97 Å². The van der Waals surface area contributed by atoms with E-state index in [0.717, 1.165) is 0 Å². The van der Waals surface area contributed by atoms with Crippen LogP contribution in [0, 0.1) is 11.8 Å². The van der Waals surface area contributed by atoms with Crippen molar-refractivity contribution >= 4 is 17.8 Å². The highest BCUT2D eigenvalue weighted by molar-refractivity contribution is 6.09. The average Bonchev–Trinajstić information content (AvgIpc) is 2.89. The lowest BCUT2D eigenvalue weighted by Gasteiger charge is -2.23. The van der Waals surface area contributed by atoms with Crippen LogP contribution in [-0.2, 0) is 19.1 Å². The van der Waals surface area contributed by atoms with Gasteiger partial charge in [0.05, 0.1) is 17.9 Å². The summed E-state index contributed by atoms with van der Waals surface area (Å²) in [7, 11) is 0. The molecule has 2 aliphatic rings. The Bertz CT molecular complexity index is 318. The standard InChI is InChI=1S/C10H13NO4/c1-5(4-15-6(2)12)11-9(13)7-3-8(7)10(11)14/h5,7-8H,3-4H2,1-2H3/t5-,7?,8?/m0/s1. The van der Waals surface area contributed by atoms with Crippen molar-refractivity contribution in [3.63, 3.8) is 0 Å². The zero-order valence-electron chi connectivity index (χ0n) is 8.73. The first-order valence-corrected chi connectivity index (χ1v) is 5.02. The Balaban J connectivity index is 1.96. The summed E-state index contributed by atoms with van der Waals surface area (Å²) in [6, 6.07) is -0.346. The van der Waals surface area contributed by atoms with Gasteiger partial charge in [0.15, 0.2) is 0 Å². The van der Waals surface area contributed by atoms with Gasteiger partial charge in [-0.25, -0.2) is 0 Å². The lowest BCUT2D eigenvalue weighted by molar-refractivity contribution is -0.151. The minimum atomic E-state index is -0.397. The normalized spacial score (nSPS) is 30.1. The molecule has 0 bridgehead atoms. The van der Waals surface area contributed by atoms with Gasteiger partial charge in [-0.2, -0.15) is 0 Å². The fraction of sp³-hybridized carbons (Fsp3) is 0.700. The number of hydrogen-bond donors (Lipinski definition) is 0. The highest BCUT2D eigenvalue weighted by atomic mass is 16.5. The number of carbonyl (C=O) groups excluding carboxylic acids is 3. The van der Waals surface area contributed by atoms with E-state index in [1.54, 1.807) is 6.92 Å². The molecule has 0 radical (unpaired) electrons. The maximum Gasteiger partial charge on any atom is 0.302 e.